The Hall–Kier alpha value is 0.354. The Bertz CT molecular complexity index is 187. The fourth-order valence-electron chi connectivity index (χ4n) is 1.57. The van der Waals surface area contributed by atoms with Gasteiger partial charge < -0.3 is 9.53 Å². The zero-order valence-electron chi connectivity index (χ0n) is 11.4. The SMILES string of the molecule is CCC(CO)(O[Si](C)(C)C(C)C)[SiH](C)C. The maximum Gasteiger partial charge on any atom is 0.189 e. The van der Waals surface area contributed by atoms with Crippen molar-refractivity contribution in [1.29, 1.82) is 0 Å². The topological polar surface area (TPSA) is 29.5 Å². The molecule has 0 heterocycles. The van der Waals surface area contributed by atoms with E-state index in [0.717, 1.165) is 6.42 Å². The fourth-order valence-corrected chi connectivity index (χ4v) is 6.09. The summed E-state index contributed by atoms with van der Waals surface area (Å²) in [5.41, 5.74) is 0.600. The Balaban J connectivity index is 4.83. The molecule has 0 rings (SSSR count). The van der Waals surface area contributed by atoms with E-state index in [1.54, 1.807) is 0 Å². The fraction of sp³-hybridized carbons (Fsp3) is 1.00. The van der Waals surface area contributed by atoms with Gasteiger partial charge in [0.1, 0.15) is 0 Å². The highest BCUT2D eigenvalue weighted by Crippen LogP contribution is 2.30. The van der Waals surface area contributed by atoms with Crippen LogP contribution in [0, 0.1) is 0 Å². The van der Waals surface area contributed by atoms with Crippen molar-refractivity contribution in [2.45, 2.75) is 64.1 Å². The van der Waals surface area contributed by atoms with Crippen molar-refractivity contribution < 1.29 is 9.53 Å². The first-order chi connectivity index (χ1) is 6.72. The van der Waals surface area contributed by atoms with E-state index in [-0.39, 0.29) is 11.8 Å². The third kappa shape index (κ3) is 3.69. The molecular weight excluding hydrogens is 220 g/mol. The lowest BCUT2D eigenvalue weighted by atomic mass is 10.3. The molecule has 1 atom stereocenters. The van der Waals surface area contributed by atoms with E-state index in [1.807, 2.05) is 0 Å². The Morgan fingerprint density at radius 2 is 1.80 bits per heavy atom. The first-order valence-electron chi connectivity index (χ1n) is 6.03. The molecule has 0 amide bonds. The number of hydrogen-bond acceptors (Lipinski definition) is 2. The van der Waals surface area contributed by atoms with Gasteiger partial charge in [-0.3, -0.25) is 0 Å². The minimum absolute atomic E-state index is 0.191. The molecule has 0 spiro atoms. The van der Waals surface area contributed by atoms with Gasteiger partial charge in [-0.25, -0.2) is 0 Å². The number of hydrogen-bond donors (Lipinski definition) is 1. The van der Waals surface area contributed by atoms with E-state index in [1.165, 1.54) is 0 Å². The molecule has 1 unspecified atom stereocenters. The molecule has 92 valence electrons. The second-order valence-electron chi connectivity index (χ2n) is 5.59. The summed E-state index contributed by atoms with van der Waals surface area (Å²) in [5.74, 6) is 0. The summed E-state index contributed by atoms with van der Waals surface area (Å²) in [6, 6.07) is 0. The lowest BCUT2D eigenvalue weighted by Gasteiger charge is -2.43. The van der Waals surface area contributed by atoms with Crippen LogP contribution in [0.5, 0.6) is 0 Å². The molecule has 0 aromatic rings. The molecule has 0 bridgehead atoms. The van der Waals surface area contributed by atoms with E-state index in [4.69, 9.17) is 4.43 Å². The largest absolute Gasteiger partial charge is 0.412 e. The van der Waals surface area contributed by atoms with E-state index in [2.05, 4.69) is 47.0 Å². The first kappa shape index (κ1) is 15.4. The van der Waals surface area contributed by atoms with Crippen molar-refractivity contribution in [2.24, 2.45) is 0 Å². The van der Waals surface area contributed by atoms with E-state index in [9.17, 15) is 5.11 Å². The van der Waals surface area contributed by atoms with Gasteiger partial charge in [-0.2, -0.15) is 0 Å². The van der Waals surface area contributed by atoms with Crippen molar-refractivity contribution >= 4 is 17.1 Å². The average molecular weight is 249 g/mol. The predicted octanol–water partition coefficient (Wildman–Crippen LogP) is 2.79. The molecule has 0 aliphatic heterocycles. The second kappa shape index (κ2) is 5.61. The van der Waals surface area contributed by atoms with Crippen LogP contribution in [-0.2, 0) is 4.43 Å². The van der Waals surface area contributed by atoms with Crippen molar-refractivity contribution in [1.82, 2.24) is 0 Å². The molecule has 0 fully saturated rings. The second-order valence-corrected chi connectivity index (χ2v) is 13.5. The Kier molecular flexibility index (Phi) is 5.75. The molecule has 0 saturated carbocycles. The molecule has 15 heavy (non-hydrogen) atoms. The van der Waals surface area contributed by atoms with Crippen LogP contribution in [0.4, 0.5) is 0 Å². The van der Waals surface area contributed by atoms with Gasteiger partial charge in [-0.05, 0) is 25.1 Å². The minimum atomic E-state index is -1.65. The maximum absolute atomic E-state index is 9.62. The van der Waals surface area contributed by atoms with Gasteiger partial charge in [0.05, 0.1) is 20.6 Å². The van der Waals surface area contributed by atoms with Crippen molar-refractivity contribution in [3.8, 4) is 0 Å². The normalized spacial score (nSPS) is 17.2. The standard InChI is InChI=1S/C11H28O2Si2/c1-8-11(9-12,14(4)5)13-15(6,7)10(2)3/h10,12,14H,8-9H2,1-7H3. The Labute approximate surface area is 97.8 Å². The first-order valence-corrected chi connectivity index (χ1v) is 11.9. The molecule has 0 radical (unpaired) electrons. The Morgan fingerprint density at radius 1 is 1.33 bits per heavy atom. The number of rotatable bonds is 6. The smallest absolute Gasteiger partial charge is 0.189 e. The monoisotopic (exact) mass is 248 g/mol. The molecule has 2 nitrogen and oxygen atoms in total. The van der Waals surface area contributed by atoms with Gasteiger partial charge in [-0.15, -0.1) is 0 Å². The summed E-state index contributed by atoms with van der Waals surface area (Å²) in [6.45, 7) is 15.8. The minimum Gasteiger partial charge on any atom is -0.412 e. The number of aliphatic hydroxyl groups excluding tert-OH is 1. The summed E-state index contributed by atoms with van der Waals surface area (Å²) in [5, 5.41) is 9.43. The van der Waals surface area contributed by atoms with Crippen LogP contribution in [0.15, 0.2) is 0 Å². The van der Waals surface area contributed by atoms with E-state index in [0.29, 0.717) is 5.54 Å². The van der Waals surface area contributed by atoms with Crippen LogP contribution in [0.2, 0.25) is 31.7 Å². The molecule has 1 N–H and O–H groups in total. The summed E-state index contributed by atoms with van der Waals surface area (Å²) < 4.78 is 6.40. The Morgan fingerprint density at radius 3 is 2.00 bits per heavy atom. The van der Waals surface area contributed by atoms with Gasteiger partial charge in [0, 0.05) is 0 Å². The average Bonchev–Trinajstić information content (AvgIpc) is 2.13. The third-order valence-electron chi connectivity index (χ3n) is 3.78. The highest BCUT2D eigenvalue weighted by Gasteiger charge is 2.40. The molecular formula is C11H28O2Si2. The van der Waals surface area contributed by atoms with Crippen LogP contribution in [-0.4, -0.2) is 34.1 Å². The van der Waals surface area contributed by atoms with E-state index < -0.39 is 17.1 Å². The highest BCUT2D eigenvalue weighted by atomic mass is 28.4. The predicted molar refractivity (Wildman–Crippen MR) is 72.6 cm³/mol. The lowest BCUT2D eigenvalue weighted by Crippen LogP contribution is -2.55. The van der Waals surface area contributed by atoms with Crippen LogP contribution in [0.25, 0.3) is 0 Å². The summed E-state index contributed by atoms with van der Waals surface area (Å²) in [7, 11) is -2.65. The third-order valence-corrected chi connectivity index (χ3v) is 10.5. The van der Waals surface area contributed by atoms with Crippen LogP contribution in [0.1, 0.15) is 27.2 Å². The number of aliphatic hydroxyl groups is 1. The zero-order chi connectivity index (χ0) is 12.3. The summed E-state index contributed by atoms with van der Waals surface area (Å²) >= 11 is 0. The molecule has 4 heteroatoms. The quantitative estimate of drug-likeness (QED) is 0.733. The van der Waals surface area contributed by atoms with Gasteiger partial charge >= 0.3 is 0 Å². The maximum atomic E-state index is 9.62. The van der Waals surface area contributed by atoms with Gasteiger partial charge in [0.15, 0.2) is 8.32 Å². The summed E-state index contributed by atoms with van der Waals surface area (Å²) in [4.78, 5) is 0. The van der Waals surface area contributed by atoms with Gasteiger partial charge in [0.2, 0.25) is 0 Å². The van der Waals surface area contributed by atoms with Gasteiger partial charge in [0.25, 0.3) is 0 Å². The van der Waals surface area contributed by atoms with Crippen LogP contribution >= 0.6 is 0 Å². The van der Waals surface area contributed by atoms with Crippen molar-refractivity contribution in [3.63, 3.8) is 0 Å². The molecule has 0 aliphatic carbocycles. The lowest BCUT2D eigenvalue weighted by molar-refractivity contribution is 0.0606. The van der Waals surface area contributed by atoms with Gasteiger partial charge in [-0.1, -0.05) is 33.9 Å². The van der Waals surface area contributed by atoms with Crippen LogP contribution in [0.3, 0.4) is 0 Å². The molecule has 0 aromatic carbocycles. The van der Waals surface area contributed by atoms with E-state index >= 15 is 0 Å². The summed E-state index contributed by atoms with van der Waals surface area (Å²) in [6.07, 6.45) is 0.941. The highest BCUT2D eigenvalue weighted by molar-refractivity contribution is 6.74. The van der Waals surface area contributed by atoms with Crippen molar-refractivity contribution in [3.05, 3.63) is 0 Å². The zero-order valence-corrected chi connectivity index (χ0v) is 13.6. The molecule has 0 saturated heterocycles. The van der Waals surface area contributed by atoms with Crippen LogP contribution < -0.4 is 0 Å². The van der Waals surface area contributed by atoms with Crippen molar-refractivity contribution in [2.75, 3.05) is 6.61 Å². The molecule has 0 aromatic heterocycles. The molecule has 0 aliphatic rings.